The molecule has 0 spiro atoms. The SMILES string of the molecule is N#Cc1ccccc1COc1ccccc1OC(F)(F)F. The van der Waals surface area contributed by atoms with Gasteiger partial charge in [0.1, 0.15) is 6.61 Å². The van der Waals surface area contributed by atoms with Gasteiger partial charge >= 0.3 is 6.36 Å². The third kappa shape index (κ3) is 4.14. The van der Waals surface area contributed by atoms with Crippen molar-refractivity contribution in [2.75, 3.05) is 0 Å². The third-order valence-electron chi connectivity index (χ3n) is 2.60. The number of ether oxygens (including phenoxy) is 2. The lowest BCUT2D eigenvalue weighted by Gasteiger charge is -2.14. The van der Waals surface area contributed by atoms with Crippen molar-refractivity contribution in [2.45, 2.75) is 13.0 Å². The van der Waals surface area contributed by atoms with E-state index in [0.29, 0.717) is 11.1 Å². The van der Waals surface area contributed by atoms with E-state index in [1.807, 2.05) is 6.07 Å². The van der Waals surface area contributed by atoms with Gasteiger partial charge in [-0.1, -0.05) is 30.3 Å². The van der Waals surface area contributed by atoms with Gasteiger partial charge in [0.25, 0.3) is 0 Å². The molecule has 0 N–H and O–H groups in total. The lowest BCUT2D eigenvalue weighted by molar-refractivity contribution is -0.275. The minimum atomic E-state index is -4.79. The molecule has 0 bridgehead atoms. The first-order valence-electron chi connectivity index (χ1n) is 5.95. The van der Waals surface area contributed by atoms with Crippen LogP contribution < -0.4 is 9.47 Å². The molecule has 0 aliphatic rings. The van der Waals surface area contributed by atoms with Gasteiger partial charge in [0.05, 0.1) is 11.6 Å². The second-order valence-corrected chi connectivity index (χ2v) is 4.05. The Bertz CT molecular complexity index is 662. The van der Waals surface area contributed by atoms with Gasteiger partial charge in [-0.2, -0.15) is 5.26 Å². The minimum absolute atomic E-state index is 0.0258. The molecule has 0 unspecified atom stereocenters. The molecule has 108 valence electrons. The molecule has 0 radical (unpaired) electrons. The average Bonchev–Trinajstić information content (AvgIpc) is 2.45. The van der Waals surface area contributed by atoms with E-state index in [1.54, 1.807) is 24.3 Å². The van der Waals surface area contributed by atoms with Crippen LogP contribution in [0.25, 0.3) is 0 Å². The van der Waals surface area contributed by atoms with Crippen LogP contribution in [0.1, 0.15) is 11.1 Å². The lowest BCUT2D eigenvalue weighted by atomic mass is 10.1. The highest BCUT2D eigenvalue weighted by atomic mass is 19.4. The van der Waals surface area contributed by atoms with E-state index in [9.17, 15) is 13.2 Å². The van der Waals surface area contributed by atoms with Crippen LogP contribution in [0.3, 0.4) is 0 Å². The topological polar surface area (TPSA) is 42.2 Å². The van der Waals surface area contributed by atoms with Gasteiger partial charge in [-0.3, -0.25) is 0 Å². The molecular formula is C15H10F3NO2. The lowest BCUT2D eigenvalue weighted by Crippen LogP contribution is -2.17. The molecule has 2 aromatic rings. The fourth-order valence-electron chi connectivity index (χ4n) is 1.69. The van der Waals surface area contributed by atoms with Crippen molar-refractivity contribution in [1.29, 1.82) is 5.26 Å². The van der Waals surface area contributed by atoms with Crippen LogP contribution in [-0.4, -0.2) is 6.36 Å². The Kier molecular flexibility index (Phi) is 4.33. The zero-order valence-corrected chi connectivity index (χ0v) is 10.7. The highest BCUT2D eigenvalue weighted by Crippen LogP contribution is 2.32. The van der Waals surface area contributed by atoms with E-state index in [1.165, 1.54) is 24.3 Å². The number of rotatable bonds is 4. The molecule has 3 nitrogen and oxygen atoms in total. The fourth-order valence-corrected chi connectivity index (χ4v) is 1.69. The van der Waals surface area contributed by atoms with Gasteiger partial charge in [0.15, 0.2) is 11.5 Å². The smallest absolute Gasteiger partial charge is 0.485 e. The van der Waals surface area contributed by atoms with Gasteiger partial charge in [0.2, 0.25) is 0 Å². The van der Waals surface area contributed by atoms with Crippen LogP contribution in [0.2, 0.25) is 0 Å². The number of para-hydroxylation sites is 2. The van der Waals surface area contributed by atoms with Gasteiger partial charge in [-0.15, -0.1) is 13.2 Å². The predicted octanol–water partition coefficient (Wildman–Crippen LogP) is 4.04. The second kappa shape index (κ2) is 6.18. The molecule has 0 heterocycles. The van der Waals surface area contributed by atoms with Gasteiger partial charge in [-0.05, 0) is 18.2 Å². The van der Waals surface area contributed by atoms with E-state index in [4.69, 9.17) is 10.00 Å². The quantitative estimate of drug-likeness (QED) is 0.854. The van der Waals surface area contributed by atoms with Crippen molar-refractivity contribution < 1.29 is 22.6 Å². The maximum absolute atomic E-state index is 12.3. The monoisotopic (exact) mass is 293 g/mol. The first-order valence-corrected chi connectivity index (χ1v) is 5.95. The summed E-state index contributed by atoms with van der Waals surface area (Å²) in [6, 6.07) is 14.2. The fraction of sp³-hybridized carbons (Fsp3) is 0.133. The zero-order valence-electron chi connectivity index (χ0n) is 10.7. The zero-order chi connectivity index (χ0) is 15.3. The van der Waals surface area contributed by atoms with E-state index < -0.39 is 12.1 Å². The van der Waals surface area contributed by atoms with Gasteiger partial charge in [0, 0.05) is 5.56 Å². The molecule has 6 heteroatoms. The number of nitriles is 1. The predicted molar refractivity (Wildman–Crippen MR) is 68.6 cm³/mol. The standard InChI is InChI=1S/C15H10F3NO2/c16-15(17,18)21-14-8-4-3-7-13(14)20-10-12-6-2-1-5-11(12)9-19/h1-8H,10H2. The van der Waals surface area contributed by atoms with Crippen LogP contribution >= 0.6 is 0 Å². The molecule has 0 saturated heterocycles. The Hall–Kier alpha value is -2.68. The van der Waals surface area contributed by atoms with Crippen molar-refractivity contribution in [1.82, 2.24) is 0 Å². The summed E-state index contributed by atoms with van der Waals surface area (Å²) in [4.78, 5) is 0. The first kappa shape index (κ1) is 14.7. The maximum atomic E-state index is 12.3. The number of nitrogens with zero attached hydrogens (tertiary/aromatic N) is 1. The number of benzene rings is 2. The Morgan fingerprint density at radius 2 is 1.57 bits per heavy atom. The van der Waals surface area contributed by atoms with Crippen LogP contribution in [0.4, 0.5) is 13.2 Å². The minimum Gasteiger partial charge on any atom is -0.485 e. The van der Waals surface area contributed by atoms with E-state index in [-0.39, 0.29) is 12.4 Å². The average molecular weight is 293 g/mol. The molecule has 2 aromatic carbocycles. The van der Waals surface area contributed by atoms with Crippen molar-refractivity contribution in [2.24, 2.45) is 0 Å². The maximum Gasteiger partial charge on any atom is 0.573 e. The normalized spacial score (nSPS) is 10.8. The van der Waals surface area contributed by atoms with Crippen LogP contribution in [0.5, 0.6) is 11.5 Å². The van der Waals surface area contributed by atoms with Crippen molar-refractivity contribution >= 4 is 0 Å². The molecule has 0 fully saturated rings. The summed E-state index contributed by atoms with van der Waals surface area (Å²) >= 11 is 0. The molecule has 0 amide bonds. The van der Waals surface area contributed by atoms with E-state index >= 15 is 0 Å². The third-order valence-corrected chi connectivity index (χ3v) is 2.60. The second-order valence-electron chi connectivity index (χ2n) is 4.05. The summed E-state index contributed by atoms with van der Waals surface area (Å²) < 4.78 is 46.1. The Morgan fingerprint density at radius 3 is 2.24 bits per heavy atom. The molecule has 0 aliphatic carbocycles. The number of hydrogen-bond acceptors (Lipinski definition) is 3. The van der Waals surface area contributed by atoms with Crippen LogP contribution in [-0.2, 0) is 6.61 Å². The number of hydrogen-bond donors (Lipinski definition) is 0. The molecule has 0 aliphatic heterocycles. The highest BCUT2D eigenvalue weighted by Gasteiger charge is 2.32. The number of halogens is 3. The largest absolute Gasteiger partial charge is 0.573 e. The summed E-state index contributed by atoms with van der Waals surface area (Å²) in [5, 5.41) is 8.94. The Balaban J connectivity index is 2.15. The van der Waals surface area contributed by atoms with Crippen molar-refractivity contribution in [3.8, 4) is 17.6 Å². The van der Waals surface area contributed by atoms with Crippen LogP contribution in [0, 0.1) is 11.3 Å². The molecule has 0 aromatic heterocycles. The van der Waals surface area contributed by atoms with Gasteiger partial charge in [-0.25, -0.2) is 0 Å². The molecular weight excluding hydrogens is 283 g/mol. The summed E-state index contributed by atoms with van der Waals surface area (Å²) in [6.45, 7) is -0.0258. The Labute approximate surface area is 119 Å². The number of alkyl halides is 3. The molecule has 0 atom stereocenters. The summed E-state index contributed by atoms with van der Waals surface area (Å²) in [5.74, 6) is -0.456. The molecule has 21 heavy (non-hydrogen) atoms. The highest BCUT2D eigenvalue weighted by molar-refractivity contribution is 5.41. The summed E-state index contributed by atoms with van der Waals surface area (Å²) in [7, 11) is 0. The van der Waals surface area contributed by atoms with Crippen molar-refractivity contribution in [3.05, 3.63) is 59.7 Å². The van der Waals surface area contributed by atoms with Crippen LogP contribution in [0.15, 0.2) is 48.5 Å². The van der Waals surface area contributed by atoms with Gasteiger partial charge < -0.3 is 9.47 Å². The summed E-state index contributed by atoms with van der Waals surface area (Å²) in [6.07, 6.45) is -4.79. The summed E-state index contributed by atoms with van der Waals surface area (Å²) in [5.41, 5.74) is 0.994. The van der Waals surface area contributed by atoms with E-state index in [0.717, 1.165) is 0 Å². The van der Waals surface area contributed by atoms with E-state index in [2.05, 4.69) is 4.74 Å². The Morgan fingerprint density at radius 1 is 0.952 bits per heavy atom. The first-order chi connectivity index (χ1) is 9.99. The molecule has 0 saturated carbocycles. The van der Waals surface area contributed by atoms with Crippen molar-refractivity contribution in [3.63, 3.8) is 0 Å². The molecule has 2 rings (SSSR count).